The number of fused-ring (bicyclic) bond motifs is 1. The Kier molecular flexibility index (Phi) is 4.04. The number of nitrogens with one attached hydrogen (secondary N) is 1. The number of para-hydroxylation sites is 2. The van der Waals surface area contributed by atoms with E-state index in [4.69, 9.17) is 9.47 Å². The lowest BCUT2D eigenvalue weighted by Crippen LogP contribution is -2.35. The van der Waals surface area contributed by atoms with Gasteiger partial charge < -0.3 is 19.5 Å². The van der Waals surface area contributed by atoms with Crippen LogP contribution in [0.2, 0.25) is 0 Å². The molecule has 0 saturated heterocycles. The van der Waals surface area contributed by atoms with Gasteiger partial charge in [0.2, 0.25) is 0 Å². The molecule has 1 aromatic heterocycles. The lowest BCUT2D eigenvalue weighted by Gasteiger charge is -2.26. The van der Waals surface area contributed by atoms with Crippen molar-refractivity contribution in [2.75, 3.05) is 25.6 Å². The van der Waals surface area contributed by atoms with E-state index in [1.165, 1.54) is 7.11 Å². The van der Waals surface area contributed by atoms with Gasteiger partial charge in [0.25, 0.3) is 0 Å². The first-order valence-corrected chi connectivity index (χ1v) is 6.80. The maximum atomic E-state index is 11.3. The highest BCUT2D eigenvalue weighted by Gasteiger charge is 2.20. The molecule has 0 bridgehead atoms. The van der Waals surface area contributed by atoms with Crippen LogP contribution in [-0.4, -0.2) is 42.5 Å². The minimum absolute atomic E-state index is 0.128. The number of carbonyl (C=O) groups is 1. The molecule has 0 spiro atoms. The zero-order valence-corrected chi connectivity index (χ0v) is 12.0. The first-order chi connectivity index (χ1) is 10.8. The number of benzene rings is 1. The van der Waals surface area contributed by atoms with Crippen LogP contribution in [0.25, 0.3) is 0 Å². The van der Waals surface area contributed by atoms with Crippen molar-refractivity contribution >= 4 is 11.8 Å². The summed E-state index contributed by atoms with van der Waals surface area (Å²) in [5.41, 5.74) is 0.166. The summed E-state index contributed by atoms with van der Waals surface area (Å²) in [7, 11) is 1.30. The van der Waals surface area contributed by atoms with E-state index in [-0.39, 0.29) is 11.8 Å². The summed E-state index contributed by atoms with van der Waals surface area (Å²) in [5.74, 6) is 1.52. The largest absolute Gasteiger partial charge is 0.486 e. The third kappa shape index (κ3) is 3.08. The molecule has 0 saturated carbocycles. The van der Waals surface area contributed by atoms with Crippen molar-refractivity contribution in [1.82, 2.24) is 10.2 Å². The van der Waals surface area contributed by atoms with E-state index in [0.29, 0.717) is 19.0 Å². The Morgan fingerprint density at radius 1 is 1.27 bits per heavy atom. The van der Waals surface area contributed by atoms with Crippen LogP contribution in [0, 0.1) is 0 Å². The predicted molar refractivity (Wildman–Crippen MR) is 78.2 cm³/mol. The summed E-state index contributed by atoms with van der Waals surface area (Å²) in [4.78, 5) is 11.3. The molecule has 0 amide bonds. The number of nitrogens with zero attached hydrogens (tertiary/aromatic N) is 2. The van der Waals surface area contributed by atoms with Gasteiger partial charge in [-0.25, -0.2) is 4.79 Å². The van der Waals surface area contributed by atoms with Crippen LogP contribution >= 0.6 is 0 Å². The Morgan fingerprint density at radius 2 is 2.09 bits per heavy atom. The minimum Gasteiger partial charge on any atom is -0.486 e. The first-order valence-electron chi connectivity index (χ1n) is 6.80. The summed E-state index contributed by atoms with van der Waals surface area (Å²) in [6.07, 6.45) is -0.128. The molecule has 7 nitrogen and oxygen atoms in total. The maximum absolute atomic E-state index is 11.3. The Balaban J connectivity index is 1.56. The maximum Gasteiger partial charge on any atom is 0.358 e. The molecule has 1 aliphatic rings. The van der Waals surface area contributed by atoms with Gasteiger partial charge in [-0.05, 0) is 24.3 Å². The Hall–Kier alpha value is -2.83. The molecule has 0 unspecified atom stereocenters. The Morgan fingerprint density at radius 3 is 2.82 bits per heavy atom. The number of esters is 1. The third-order valence-corrected chi connectivity index (χ3v) is 3.14. The monoisotopic (exact) mass is 301 g/mol. The van der Waals surface area contributed by atoms with Crippen molar-refractivity contribution in [3.63, 3.8) is 0 Å². The van der Waals surface area contributed by atoms with Gasteiger partial charge in [0.15, 0.2) is 17.2 Å². The highest BCUT2D eigenvalue weighted by atomic mass is 16.6. The SMILES string of the molecule is COC(=O)c1ccc(NC[C@@H]2COc3ccccc3O2)nn1. The molecule has 22 heavy (non-hydrogen) atoms. The fraction of sp³-hybridized carbons (Fsp3) is 0.267. The van der Waals surface area contributed by atoms with Crippen molar-refractivity contribution in [2.24, 2.45) is 0 Å². The molecule has 1 atom stereocenters. The molecule has 0 fully saturated rings. The lowest BCUT2D eigenvalue weighted by molar-refractivity contribution is 0.0592. The molecule has 1 aromatic carbocycles. The summed E-state index contributed by atoms with van der Waals surface area (Å²) in [6.45, 7) is 0.971. The number of carbonyl (C=O) groups excluding carboxylic acids is 1. The second-order valence-corrected chi connectivity index (χ2v) is 4.67. The zero-order chi connectivity index (χ0) is 15.4. The van der Waals surface area contributed by atoms with E-state index in [2.05, 4.69) is 20.3 Å². The molecule has 1 aliphatic heterocycles. The molecule has 0 aliphatic carbocycles. The molecule has 7 heteroatoms. The third-order valence-electron chi connectivity index (χ3n) is 3.14. The predicted octanol–water partition coefficient (Wildman–Crippen LogP) is 1.52. The standard InChI is InChI=1S/C15H15N3O4/c1-20-15(19)11-6-7-14(18-17-11)16-8-10-9-21-12-4-2-3-5-13(12)22-10/h2-7,10H,8-9H2,1H3,(H,16,18)/t10-/m1/s1. The highest BCUT2D eigenvalue weighted by molar-refractivity contribution is 5.86. The van der Waals surface area contributed by atoms with Crippen LogP contribution < -0.4 is 14.8 Å². The van der Waals surface area contributed by atoms with Crippen LogP contribution in [0.4, 0.5) is 5.82 Å². The number of aromatic nitrogens is 2. The van der Waals surface area contributed by atoms with Crippen LogP contribution in [0.5, 0.6) is 11.5 Å². The average Bonchev–Trinajstić information content (AvgIpc) is 2.59. The fourth-order valence-electron chi connectivity index (χ4n) is 2.02. The van der Waals surface area contributed by atoms with E-state index in [0.717, 1.165) is 11.5 Å². The van der Waals surface area contributed by atoms with E-state index in [9.17, 15) is 4.79 Å². The Labute approximate surface area is 127 Å². The van der Waals surface area contributed by atoms with E-state index in [1.54, 1.807) is 12.1 Å². The summed E-state index contributed by atoms with van der Waals surface area (Å²) in [5, 5.41) is 10.8. The summed E-state index contributed by atoms with van der Waals surface area (Å²) < 4.78 is 16.0. The number of hydrogen-bond donors (Lipinski definition) is 1. The lowest BCUT2D eigenvalue weighted by atomic mass is 10.2. The second kappa shape index (κ2) is 6.30. The van der Waals surface area contributed by atoms with Crippen molar-refractivity contribution in [3.05, 3.63) is 42.1 Å². The normalized spacial score (nSPS) is 16.0. The van der Waals surface area contributed by atoms with Crippen LogP contribution in [0.15, 0.2) is 36.4 Å². The molecule has 0 radical (unpaired) electrons. The van der Waals surface area contributed by atoms with Crippen molar-refractivity contribution in [3.8, 4) is 11.5 Å². The number of hydrogen-bond acceptors (Lipinski definition) is 7. The molecule has 3 rings (SSSR count). The average molecular weight is 301 g/mol. The summed E-state index contributed by atoms with van der Waals surface area (Å²) in [6, 6.07) is 10.8. The highest BCUT2D eigenvalue weighted by Crippen LogP contribution is 2.30. The van der Waals surface area contributed by atoms with E-state index in [1.807, 2.05) is 24.3 Å². The number of anilines is 1. The van der Waals surface area contributed by atoms with Gasteiger partial charge in [-0.1, -0.05) is 12.1 Å². The van der Waals surface area contributed by atoms with Crippen LogP contribution in [0.3, 0.4) is 0 Å². The minimum atomic E-state index is -0.514. The van der Waals surface area contributed by atoms with Crippen LogP contribution in [-0.2, 0) is 4.74 Å². The van der Waals surface area contributed by atoms with Crippen molar-refractivity contribution in [1.29, 1.82) is 0 Å². The van der Waals surface area contributed by atoms with Gasteiger partial charge in [0.05, 0.1) is 13.7 Å². The first kappa shape index (κ1) is 14.1. The van der Waals surface area contributed by atoms with Crippen molar-refractivity contribution < 1.29 is 19.0 Å². The van der Waals surface area contributed by atoms with Gasteiger partial charge in [-0.15, -0.1) is 10.2 Å². The van der Waals surface area contributed by atoms with E-state index < -0.39 is 5.97 Å². The second-order valence-electron chi connectivity index (χ2n) is 4.67. The van der Waals surface area contributed by atoms with Crippen LogP contribution in [0.1, 0.15) is 10.5 Å². The van der Waals surface area contributed by atoms with E-state index >= 15 is 0 Å². The molecule has 114 valence electrons. The smallest absolute Gasteiger partial charge is 0.358 e. The molecule has 1 N–H and O–H groups in total. The number of rotatable bonds is 4. The van der Waals surface area contributed by atoms with Gasteiger partial charge in [-0.3, -0.25) is 0 Å². The molecular weight excluding hydrogens is 286 g/mol. The van der Waals surface area contributed by atoms with Gasteiger partial charge in [-0.2, -0.15) is 0 Å². The quantitative estimate of drug-likeness (QED) is 0.857. The van der Waals surface area contributed by atoms with Gasteiger partial charge >= 0.3 is 5.97 Å². The molecular formula is C15H15N3O4. The number of ether oxygens (including phenoxy) is 3. The molecule has 2 aromatic rings. The molecule has 2 heterocycles. The van der Waals surface area contributed by atoms with Crippen molar-refractivity contribution in [2.45, 2.75) is 6.10 Å². The van der Waals surface area contributed by atoms with Gasteiger partial charge in [0, 0.05) is 0 Å². The summed E-state index contributed by atoms with van der Waals surface area (Å²) >= 11 is 0. The Bertz CT molecular complexity index is 660. The topological polar surface area (TPSA) is 82.6 Å². The number of methoxy groups -OCH3 is 1. The zero-order valence-electron chi connectivity index (χ0n) is 12.0. The van der Waals surface area contributed by atoms with Gasteiger partial charge in [0.1, 0.15) is 18.5 Å². The fourth-order valence-corrected chi connectivity index (χ4v) is 2.02.